The number of hydrogen-bond donors (Lipinski definition) is 1. The summed E-state index contributed by atoms with van der Waals surface area (Å²) in [5, 5.41) is 0. The third-order valence-electron chi connectivity index (χ3n) is 3.52. The number of sulfonamides is 1. The molecule has 2 rings (SSSR count). The first-order chi connectivity index (χ1) is 11.8. The zero-order valence-electron chi connectivity index (χ0n) is 14.4. The standard InChI is InChI=1S/C17H21N3O4S/c1-13-10-15(4-5-16(13)24-12-17(21)20(2)3)25(22,23)19-11-14-6-8-18-9-7-14/h4-10,19H,11-12H2,1-3H3. The molecule has 0 bridgehead atoms. The lowest BCUT2D eigenvalue weighted by Gasteiger charge is -2.14. The fourth-order valence-corrected chi connectivity index (χ4v) is 3.08. The Balaban J connectivity index is 2.06. The Hall–Kier alpha value is -2.45. The summed E-state index contributed by atoms with van der Waals surface area (Å²) in [5.74, 6) is 0.304. The number of likely N-dealkylation sites (N-methyl/N-ethyl adjacent to an activating group) is 1. The lowest BCUT2D eigenvalue weighted by atomic mass is 10.2. The molecule has 0 fully saturated rings. The van der Waals surface area contributed by atoms with Crippen molar-refractivity contribution < 1.29 is 17.9 Å². The van der Waals surface area contributed by atoms with E-state index in [0.29, 0.717) is 11.3 Å². The van der Waals surface area contributed by atoms with Gasteiger partial charge in [0, 0.05) is 33.0 Å². The molecule has 1 aromatic heterocycles. The van der Waals surface area contributed by atoms with Crippen LogP contribution in [0.3, 0.4) is 0 Å². The van der Waals surface area contributed by atoms with E-state index in [-0.39, 0.29) is 24.0 Å². The molecule has 0 unspecified atom stereocenters. The second kappa shape index (κ2) is 8.09. The van der Waals surface area contributed by atoms with Gasteiger partial charge < -0.3 is 9.64 Å². The second-order valence-corrected chi connectivity index (χ2v) is 7.45. The number of benzene rings is 1. The highest BCUT2D eigenvalue weighted by Crippen LogP contribution is 2.22. The van der Waals surface area contributed by atoms with Crippen LogP contribution in [0.4, 0.5) is 0 Å². The largest absolute Gasteiger partial charge is 0.483 e. The normalized spacial score (nSPS) is 11.2. The minimum absolute atomic E-state index is 0.0970. The molecule has 0 saturated carbocycles. The van der Waals surface area contributed by atoms with Gasteiger partial charge in [0.15, 0.2) is 6.61 Å². The van der Waals surface area contributed by atoms with Crippen molar-refractivity contribution in [1.82, 2.24) is 14.6 Å². The predicted octanol–water partition coefficient (Wildman–Crippen LogP) is 1.34. The summed E-state index contributed by atoms with van der Waals surface area (Å²) in [4.78, 5) is 17.0. The zero-order chi connectivity index (χ0) is 18.4. The maximum atomic E-state index is 12.4. The Labute approximate surface area is 147 Å². The van der Waals surface area contributed by atoms with Crippen molar-refractivity contribution in [2.75, 3.05) is 20.7 Å². The van der Waals surface area contributed by atoms with Crippen LogP contribution < -0.4 is 9.46 Å². The topological polar surface area (TPSA) is 88.6 Å². The fourth-order valence-electron chi connectivity index (χ4n) is 1.98. The number of carbonyl (C=O) groups is 1. The van der Waals surface area contributed by atoms with Crippen LogP contribution in [0.25, 0.3) is 0 Å². The Bertz CT molecular complexity index is 836. The molecule has 0 aliphatic rings. The zero-order valence-corrected chi connectivity index (χ0v) is 15.2. The van der Waals surface area contributed by atoms with E-state index in [2.05, 4.69) is 9.71 Å². The van der Waals surface area contributed by atoms with Crippen molar-refractivity contribution in [3.8, 4) is 5.75 Å². The lowest BCUT2D eigenvalue weighted by molar-refractivity contribution is -0.130. The molecular weight excluding hydrogens is 342 g/mol. The van der Waals surface area contributed by atoms with Crippen LogP contribution in [0.2, 0.25) is 0 Å². The lowest BCUT2D eigenvalue weighted by Crippen LogP contribution is -2.27. The number of rotatable bonds is 7. The Morgan fingerprint density at radius 1 is 1.20 bits per heavy atom. The monoisotopic (exact) mass is 363 g/mol. The average Bonchev–Trinajstić information content (AvgIpc) is 2.59. The maximum absolute atomic E-state index is 12.4. The number of ether oxygens (including phenoxy) is 1. The Morgan fingerprint density at radius 2 is 1.88 bits per heavy atom. The number of hydrogen-bond acceptors (Lipinski definition) is 5. The van der Waals surface area contributed by atoms with E-state index in [1.54, 1.807) is 51.6 Å². The first-order valence-electron chi connectivity index (χ1n) is 7.62. The molecule has 1 amide bonds. The van der Waals surface area contributed by atoms with Gasteiger partial charge >= 0.3 is 0 Å². The molecule has 2 aromatic rings. The molecule has 0 radical (unpaired) electrons. The SMILES string of the molecule is Cc1cc(S(=O)(=O)NCc2ccncc2)ccc1OCC(=O)N(C)C. The number of aryl methyl sites for hydroxylation is 1. The summed E-state index contributed by atoms with van der Waals surface area (Å²) in [6, 6.07) is 8.01. The molecule has 1 N–H and O–H groups in total. The Kier molecular flexibility index (Phi) is 6.11. The van der Waals surface area contributed by atoms with Crippen LogP contribution in [-0.2, 0) is 21.4 Å². The van der Waals surface area contributed by atoms with Crippen molar-refractivity contribution in [3.63, 3.8) is 0 Å². The number of amides is 1. The van der Waals surface area contributed by atoms with Crippen LogP contribution >= 0.6 is 0 Å². The summed E-state index contributed by atoms with van der Waals surface area (Å²) in [6.07, 6.45) is 3.21. The molecular formula is C17H21N3O4S. The van der Waals surface area contributed by atoms with Crippen LogP contribution in [0.15, 0.2) is 47.6 Å². The molecule has 1 aromatic carbocycles. The predicted molar refractivity (Wildman–Crippen MR) is 93.6 cm³/mol. The molecule has 7 nitrogen and oxygen atoms in total. The van der Waals surface area contributed by atoms with Gasteiger partial charge in [-0.1, -0.05) is 0 Å². The smallest absolute Gasteiger partial charge is 0.259 e. The van der Waals surface area contributed by atoms with Crippen molar-refractivity contribution in [2.24, 2.45) is 0 Å². The van der Waals surface area contributed by atoms with E-state index in [1.165, 1.54) is 17.0 Å². The summed E-state index contributed by atoms with van der Waals surface area (Å²) >= 11 is 0. The van der Waals surface area contributed by atoms with Crippen LogP contribution in [0, 0.1) is 6.92 Å². The number of aromatic nitrogens is 1. The van der Waals surface area contributed by atoms with Crippen LogP contribution in [0.5, 0.6) is 5.75 Å². The summed E-state index contributed by atoms with van der Waals surface area (Å²) in [6.45, 7) is 1.82. The minimum Gasteiger partial charge on any atom is -0.483 e. The quantitative estimate of drug-likeness (QED) is 0.802. The molecule has 1 heterocycles. The molecule has 0 saturated heterocycles. The van der Waals surface area contributed by atoms with E-state index in [1.807, 2.05) is 0 Å². The van der Waals surface area contributed by atoms with Gasteiger partial charge in [-0.3, -0.25) is 9.78 Å². The molecule has 0 aliphatic carbocycles. The second-order valence-electron chi connectivity index (χ2n) is 5.68. The van der Waals surface area contributed by atoms with Gasteiger partial charge in [-0.25, -0.2) is 13.1 Å². The van der Waals surface area contributed by atoms with E-state index >= 15 is 0 Å². The van der Waals surface area contributed by atoms with Crippen molar-refractivity contribution >= 4 is 15.9 Å². The van der Waals surface area contributed by atoms with Gasteiger partial charge in [-0.05, 0) is 48.4 Å². The Morgan fingerprint density at radius 3 is 2.48 bits per heavy atom. The first kappa shape index (κ1) is 18.9. The van der Waals surface area contributed by atoms with Gasteiger partial charge in [0.1, 0.15) is 5.75 Å². The molecule has 0 spiro atoms. The van der Waals surface area contributed by atoms with Gasteiger partial charge in [0.2, 0.25) is 10.0 Å². The minimum atomic E-state index is -3.64. The summed E-state index contributed by atoms with van der Waals surface area (Å²) < 4.78 is 32.8. The van der Waals surface area contributed by atoms with Crippen molar-refractivity contribution in [2.45, 2.75) is 18.4 Å². The van der Waals surface area contributed by atoms with E-state index < -0.39 is 10.0 Å². The third kappa shape index (κ3) is 5.27. The number of carbonyl (C=O) groups excluding carboxylic acids is 1. The van der Waals surface area contributed by atoms with E-state index in [9.17, 15) is 13.2 Å². The number of nitrogens with one attached hydrogen (secondary N) is 1. The molecule has 25 heavy (non-hydrogen) atoms. The third-order valence-corrected chi connectivity index (χ3v) is 4.92. The summed E-state index contributed by atoms with van der Waals surface area (Å²) in [7, 11) is -0.360. The number of pyridine rings is 1. The maximum Gasteiger partial charge on any atom is 0.259 e. The highest BCUT2D eigenvalue weighted by atomic mass is 32.2. The van der Waals surface area contributed by atoms with Crippen molar-refractivity contribution in [3.05, 3.63) is 53.9 Å². The van der Waals surface area contributed by atoms with Gasteiger partial charge in [-0.15, -0.1) is 0 Å². The highest BCUT2D eigenvalue weighted by Gasteiger charge is 2.16. The van der Waals surface area contributed by atoms with Gasteiger partial charge in [0.25, 0.3) is 5.91 Å². The molecule has 0 atom stereocenters. The van der Waals surface area contributed by atoms with Crippen LogP contribution in [0.1, 0.15) is 11.1 Å². The highest BCUT2D eigenvalue weighted by molar-refractivity contribution is 7.89. The number of nitrogens with zero attached hydrogens (tertiary/aromatic N) is 2. The summed E-state index contributed by atoms with van der Waals surface area (Å²) in [5.41, 5.74) is 1.45. The van der Waals surface area contributed by atoms with Crippen molar-refractivity contribution in [1.29, 1.82) is 0 Å². The average molecular weight is 363 g/mol. The van der Waals surface area contributed by atoms with E-state index in [4.69, 9.17) is 4.74 Å². The molecule has 0 aliphatic heterocycles. The first-order valence-corrected chi connectivity index (χ1v) is 9.10. The fraction of sp³-hybridized carbons (Fsp3) is 0.294. The van der Waals surface area contributed by atoms with Crippen LogP contribution in [-0.4, -0.2) is 44.9 Å². The van der Waals surface area contributed by atoms with Gasteiger partial charge in [-0.2, -0.15) is 0 Å². The molecule has 134 valence electrons. The van der Waals surface area contributed by atoms with Gasteiger partial charge in [0.05, 0.1) is 4.90 Å². The van der Waals surface area contributed by atoms with E-state index in [0.717, 1.165) is 5.56 Å². The molecule has 8 heteroatoms.